The fraction of sp³-hybridized carbons (Fsp3) is 0.533. The van der Waals surface area contributed by atoms with E-state index in [9.17, 15) is 4.79 Å². The van der Waals surface area contributed by atoms with Crippen molar-refractivity contribution in [1.82, 2.24) is 4.90 Å². The highest BCUT2D eigenvalue weighted by Crippen LogP contribution is 2.20. The smallest absolute Gasteiger partial charge is 0.263 e. The summed E-state index contributed by atoms with van der Waals surface area (Å²) in [5.74, 6) is 0.708. The Morgan fingerprint density at radius 2 is 2.26 bits per heavy atom. The van der Waals surface area contributed by atoms with Crippen LogP contribution in [0.4, 0.5) is 5.69 Å². The maximum absolute atomic E-state index is 12.4. The minimum absolute atomic E-state index is 0.0645. The maximum Gasteiger partial charge on any atom is 0.263 e. The van der Waals surface area contributed by atoms with Gasteiger partial charge in [0.05, 0.1) is 0 Å². The Bertz CT molecular complexity index is 448. The highest BCUT2D eigenvalue weighted by Gasteiger charge is 2.27. The lowest BCUT2D eigenvalue weighted by atomic mass is 10.0. The van der Waals surface area contributed by atoms with Gasteiger partial charge in [-0.2, -0.15) is 0 Å². The summed E-state index contributed by atoms with van der Waals surface area (Å²) in [5, 5.41) is 0. The molecule has 1 saturated heterocycles. The van der Waals surface area contributed by atoms with E-state index in [1.165, 1.54) is 6.42 Å². The van der Waals surface area contributed by atoms with Crippen LogP contribution in [0.3, 0.4) is 0 Å². The van der Waals surface area contributed by atoms with E-state index in [1.807, 2.05) is 17.0 Å². The van der Waals surface area contributed by atoms with Gasteiger partial charge in [0.1, 0.15) is 5.75 Å². The molecule has 0 aliphatic carbocycles. The average Bonchev–Trinajstić information content (AvgIpc) is 2.38. The first-order valence-electron chi connectivity index (χ1n) is 6.90. The summed E-state index contributed by atoms with van der Waals surface area (Å²) in [6.07, 6.45) is 2.90. The molecule has 0 unspecified atom stereocenters. The van der Waals surface area contributed by atoms with Gasteiger partial charge in [-0.05, 0) is 45.2 Å². The normalized spacial score (nSPS) is 20.9. The Labute approximate surface area is 114 Å². The molecule has 1 fully saturated rings. The van der Waals surface area contributed by atoms with Gasteiger partial charge in [-0.1, -0.05) is 6.07 Å². The predicted octanol–water partition coefficient (Wildman–Crippen LogP) is 2.44. The second kappa shape index (κ2) is 5.95. The first kappa shape index (κ1) is 13.7. The van der Waals surface area contributed by atoms with Gasteiger partial charge >= 0.3 is 0 Å². The summed E-state index contributed by atoms with van der Waals surface area (Å²) < 4.78 is 5.69. The topological polar surface area (TPSA) is 55.6 Å². The number of hydrogen-bond acceptors (Lipinski definition) is 3. The molecular weight excluding hydrogens is 240 g/mol. The molecule has 0 aromatic heterocycles. The molecule has 4 nitrogen and oxygen atoms in total. The Balaban J connectivity index is 1.99. The van der Waals surface area contributed by atoms with E-state index in [4.69, 9.17) is 10.5 Å². The van der Waals surface area contributed by atoms with Crippen molar-refractivity contribution < 1.29 is 9.53 Å². The minimum Gasteiger partial charge on any atom is -0.481 e. The lowest BCUT2D eigenvalue weighted by Gasteiger charge is -2.35. The summed E-state index contributed by atoms with van der Waals surface area (Å²) >= 11 is 0. The summed E-state index contributed by atoms with van der Waals surface area (Å²) in [6.45, 7) is 4.74. The largest absolute Gasteiger partial charge is 0.481 e. The summed E-state index contributed by atoms with van der Waals surface area (Å²) in [7, 11) is 0. The van der Waals surface area contributed by atoms with Crippen LogP contribution in [0, 0.1) is 0 Å². The number of nitrogens with zero attached hydrogens (tertiary/aromatic N) is 1. The quantitative estimate of drug-likeness (QED) is 0.851. The van der Waals surface area contributed by atoms with Gasteiger partial charge in [0.25, 0.3) is 5.91 Å². The number of carbonyl (C=O) groups excluding carboxylic acids is 1. The second-order valence-corrected chi connectivity index (χ2v) is 5.21. The number of anilines is 1. The van der Waals surface area contributed by atoms with Crippen LogP contribution in [0.25, 0.3) is 0 Å². The summed E-state index contributed by atoms with van der Waals surface area (Å²) in [4.78, 5) is 14.3. The summed E-state index contributed by atoms with van der Waals surface area (Å²) in [6, 6.07) is 7.49. The molecule has 0 saturated carbocycles. The number of ether oxygens (including phenoxy) is 1. The van der Waals surface area contributed by atoms with Crippen LogP contribution in [0.5, 0.6) is 5.75 Å². The van der Waals surface area contributed by atoms with Gasteiger partial charge < -0.3 is 15.4 Å². The van der Waals surface area contributed by atoms with Crippen LogP contribution >= 0.6 is 0 Å². The van der Waals surface area contributed by atoms with Gasteiger partial charge in [0, 0.05) is 24.3 Å². The molecule has 1 heterocycles. The fourth-order valence-electron chi connectivity index (χ4n) is 2.50. The van der Waals surface area contributed by atoms with Crippen molar-refractivity contribution in [2.45, 2.75) is 45.3 Å². The van der Waals surface area contributed by atoms with Gasteiger partial charge in [-0.25, -0.2) is 0 Å². The molecule has 2 N–H and O–H groups in total. The van der Waals surface area contributed by atoms with Crippen LogP contribution in [0.1, 0.15) is 33.1 Å². The van der Waals surface area contributed by atoms with Crippen LogP contribution in [0.2, 0.25) is 0 Å². The molecule has 1 aromatic rings. The molecule has 0 radical (unpaired) electrons. The molecule has 1 aromatic carbocycles. The van der Waals surface area contributed by atoms with Gasteiger partial charge in [-0.3, -0.25) is 4.79 Å². The Morgan fingerprint density at radius 3 is 2.95 bits per heavy atom. The third-order valence-electron chi connectivity index (χ3n) is 3.60. The third kappa shape index (κ3) is 3.40. The van der Waals surface area contributed by atoms with Crippen molar-refractivity contribution in [2.24, 2.45) is 0 Å². The van der Waals surface area contributed by atoms with E-state index < -0.39 is 6.10 Å². The zero-order chi connectivity index (χ0) is 13.8. The van der Waals surface area contributed by atoms with Crippen molar-refractivity contribution in [3.8, 4) is 5.75 Å². The third-order valence-corrected chi connectivity index (χ3v) is 3.60. The van der Waals surface area contributed by atoms with Gasteiger partial charge in [-0.15, -0.1) is 0 Å². The molecule has 0 bridgehead atoms. The monoisotopic (exact) mass is 262 g/mol. The van der Waals surface area contributed by atoms with Crippen LogP contribution in [0.15, 0.2) is 24.3 Å². The fourth-order valence-corrected chi connectivity index (χ4v) is 2.50. The van der Waals surface area contributed by atoms with E-state index in [0.717, 1.165) is 19.4 Å². The van der Waals surface area contributed by atoms with Crippen LogP contribution in [-0.4, -0.2) is 29.5 Å². The highest BCUT2D eigenvalue weighted by atomic mass is 16.5. The zero-order valence-electron chi connectivity index (χ0n) is 11.6. The molecule has 1 aliphatic rings. The molecular formula is C15H22N2O2. The molecule has 0 spiro atoms. The summed E-state index contributed by atoms with van der Waals surface area (Å²) in [5.41, 5.74) is 6.34. The molecule has 2 atom stereocenters. The van der Waals surface area contributed by atoms with Gasteiger partial charge in [0.15, 0.2) is 6.10 Å². The van der Waals surface area contributed by atoms with Crippen molar-refractivity contribution >= 4 is 11.6 Å². The number of carbonyl (C=O) groups is 1. The number of nitrogens with two attached hydrogens (primary N) is 1. The number of benzene rings is 1. The Kier molecular flexibility index (Phi) is 4.30. The van der Waals surface area contributed by atoms with Crippen molar-refractivity contribution in [3.05, 3.63) is 24.3 Å². The number of piperidine rings is 1. The van der Waals surface area contributed by atoms with E-state index >= 15 is 0 Å². The zero-order valence-corrected chi connectivity index (χ0v) is 11.6. The van der Waals surface area contributed by atoms with E-state index in [0.29, 0.717) is 17.5 Å². The van der Waals surface area contributed by atoms with Crippen molar-refractivity contribution in [1.29, 1.82) is 0 Å². The lowest BCUT2D eigenvalue weighted by Crippen LogP contribution is -2.47. The molecule has 1 amide bonds. The number of likely N-dealkylation sites (tertiary alicyclic amines) is 1. The maximum atomic E-state index is 12.4. The standard InChI is InChI=1S/C15H22N2O2/c1-11-6-3-4-9-17(11)15(18)12(2)19-14-8-5-7-13(16)10-14/h5,7-8,10-12H,3-4,6,9,16H2,1-2H3/t11-,12+/m1/s1. The van der Waals surface area contributed by atoms with Gasteiger partial charge in [0.2, 0.25) is 0 Å². The SMILES string of the molecule is C[C@H](Oc1cccc(N)c1)C(=O)N1CCCC[C@H]1C. The van der Waals surface area contributed by atoms with E-state index in [-0.39, 0.29) is 5.91 Å². The van der Waals surface area contributed by atoms with Crippen molar-refractivity contribution in [3.63, 3.8) is 0 Å². The molecule has 1 aliphatic heterocycles. The molecule has 4 heteroatoms. The number of rotatable bonds is 3. The number of amides is 1. The number of nitrogen functional groups attached to an aromatic ring is 1. The molecule has 104 valence electrons. The lowest BCUT2D eigenvalue weighted by molar-refractivity contribution is -0.141. The highest BCUT2D eigenvalue weighted by molar-refractivity contribution is 5.81. The van der Waals surface area contributed by atoms with E-state index in [2.05, 4.69) is 6.92 Å². The van der Waals surface area contributed by atoms with Crippen LogP contribution < -0.4 is 10.5 Å². The molecule has 2 rings (SSSR count). The second-order valence-electron chi connectivity index (χ2n) is 5.21. The van der Waals surface area contributed by atoms with Crippen LogP contribution in [-0.2, 0) is 4.79 Å². The predicted molar refractivity (Wildman–Crippen MR) is 76.0 cm³/mol. The average molecular weight is 262 g/mol. The molecule has 19 heavy (non-hydrogen) atoms. The van der Waals surface area contributed by atoms with Crippen molar-refractivity contribution in [2.75, 3.05) is 12.3 Å². The van der Waals surface area contributed by atoms with E-state index in [1.54, 1.807) is 19.1 Å². The Hall–Kier alpha value is -1.71. The first-order valence-corrected chi connectivity index (χ1v) is 6.90. The minimum atomic E-state index is -0.470. The first-order chi connectivity index (χ1) is 9.08. The number of hydrogen-bond donors (Lipinski definition) is 1. The Morgan fingerprint density at radius 1 is 1.47 bits per heavy atom.